The van der Waals surface area contributed by atoms with Crippen molar-refractivity contribution in [2.45, 2.75) is 6.04 Å². The summed E-state index contributed by atoms with van der Waals surface area (Å²) in [6, 6.07) is 3.23. The fraction of sp³-hybridized carbons (Fsp3) is 0.222. The number of amides is 1. The second-order valence-electron chi connectivity index (χ2n) is 2.94. The average Bonchev–Trinajstić information content (AvgIpc) is 2.57. The van der Waals surface area contributed by atoms with E-state index in [4.69, 9.17) is 0 Å². The number of alkyl carbamates (subject to hydrolysis) is 1. The van der Waals surface area contributed by atoms with Crippen LogP contribution in [0.25, 0.3) is 0 Å². The number of nitrogens with one attached hydrogen (secondary N) is 1. The molecule has 0 bridgehead atoms. The van der Waals surface area contributed by atoms with Gasteiger partial charge in [-0.15, -0.1) is 12.4 Å². The maximum atomic E-state index is 13.2. The minimum atomic E-state index is -0.941. The molecule has 0 aromatic heterocycles. The van der Waals surface area contributed by atoms with Gasteiger partial charge in [0.05, 0.1) is 6.04 Å². The normalized spacial score (nSPS) is 19.1. The molecule has 15 heavy (non-hydrogen) atoms. The molecule has 3 nitrogen and oxygen atoms in total. The second-order valence-corrected chi connectivity index (χ2v) is 2.94. The topological polar surface area (TPSA) is 38.3 Å². The standard InChI is InChI=1S/C9H7F2NO2.ClH/c10-6-3-1-2-5(8(6)11)7-4-14-9(13)12-7;/h1-3,7H,4H2,(H,12,13);1H/t7-;/m1./s1. The van der Waals surface area contributed by atoms with Crippen molar-refractivity contribution >= 4 is 18.5 Å². The molecule has 1 saturated heterocycles. The fourth-order valence-corrected chi connectivity index (χ4v) is 1.34. The van der Waals surface area contributed by atoms with Crippen LogP contribution < -0.4 is 5.32 Å². The molecule has 1 aromatic rings. The number of cyclic esters (lactones) is 1. The maximum Gasteiger partial charge on any atom is 0.407 e. The predicted molar refractivity (Wildman–Crippen MR) is 50.8 cm³/mol. The van der Waals surface area contributed by atoms with E-state index in [1.165, 1.54) is 12.1 Å². The summed E-state index contributed by atoms with van der Waals surface area (Å²) in [6.07, 6.45) is -0.612. The van der Waals surface area contributed by atoms with E-state index in [1.54, 1.807) is 0 Å². The first kappa shape index (κ1) is 11.7. The van der Waals surface area contributed by atoms with E-state index in [1.807, 2.05) is 0 Å². The first-order valence-corrected chi connectivity index (χ1v) is 4.05. The third kappa shape index (κ3) is 2.18. The van der Waals surface area contributed by atoms with Gasteiger partial charge < -0.3 is 10.1 Å². The van der Waals surface area contributed by atoms with Crippen molar-refractivity contribution in [1.29, 1.82) is 0 Å². The van der Waals surface area contributed by atoms with Crippen LogP contribution in [0.1, 0.15) is 11.6 Å². The van der Waals surface area contributed by atoms with Crippen molar-refractivity contribution in [2.24, 2.45) is 0 Å². The van der Waals surface area contributed by atoms with Crippen LogP contribution >= 0.6 is 12.4 Å². The highest BCUT2D eigenvalue weighted by Gasteiger charge is 2.26. The smallest absolute Gasteiger partial charge is 0.407 e. The Kier molecular flexibility index (Phi) is 3.47. The zero-order valence-electron chi connectivity index (χ0n) is 7.50. The first-order valence-electron chi connectivity index (χ1n) is 4.05. The van der Waals surface area contributed by atoms with Gasteiger partial charge in [0.15, 0.2) is 11.6 Å². The number of benzene rings is 1. The number of hydrogen-bond donors (Lipinski definition) is 1. The molecule has 1 heterocycles. The molecule has 1 atom stereocenters. The van der Waals surface area contributed by atoms with Crippen molar-refractivity contribution in [2.75, 3.05) is 6.61 Å². The monoisotopic (exact) mass is 235 g/mol. The molecule has 1 aromatic carbocycles. The van der Waals surface area contributed by atoms with Gasteiger partial charge in [-0.05, 0) is 6.07 Å². The lowest BCUT2D eigenvalue weighted by molar-refractivity contribution is 0.176. The van der Waals surface area contributed by atoms with Gasteiger partial charge >= 0.3 is 6.09 Å². The van der Waals surface area contributed by atoms with Crippen molar-refractivity contribution in [1.82, 2.24) is 5.32 Å². The molecule has 0 spiro atoms. The lowest BCUT2D eigenvalue weighted by Crippen LogP contribution is -2.19. The van der Waals surface area contributed by atoms with E-state index in [2.05, 4.69) is 10.1 Å². The lowest BCUT2D eigenvalue weighted by atomic mass is 10.1. The SMILES string of the molecule is Cl.O=C1N[C@@H](c2cccc(F)c2F)CO1. The molecule has 1 N–H and O–H groups in total. The van der Waals surface area contributed by atoms with E-state index in [0.717, 1.165) is 6.07 Å². The summed E-state index contributed by atoms with van der Waals surface area (Å²) in [7, 11) is 0. The van der Waals surface area contributed by atoms with Crippen molar-refractivity contribution in [3.8, 4) is 0 Å². The molecule has 1 fully saturated rings. The third-order valence-corrected chi connectivity index (χ3v) is 2.03. The summed E-state index contributed by atoms with van der Waals surface area (Å²) in [5, 5.41) is 2.37. The molecule has 1 amide bonds. The number of halogens is 3. The molecule has 1 aliphatic rings. The molecule has 2 rings (SSSR count). The Bertz CT molecular complexity index is 386. The zero-order valence-corrected chi connectivity index (χ0v) is 8.31. The first-order chi connectivity index (χ1) is 6.68. The molecule has 6 heteroatoms. The van der Waals surface area contributed by atoms with Crippen LogP contribution in [-0.2, 0) is 4.74 Å². The molecule has 0 aliphatic carbocycles. The molecule has 82 valence electrons. The summed E-state index contributed by atoms with van der Waals surface area (Å²) in [4.78, 5) is 10.7. The van der Waals surface area contributed by atoms with Gasteiger partial charge in [0.25, 0.3) is 0 Å². The Hall–Kier alpha value is -1.36. The molecule has 1 aliphatic heterocycles. The van der Waals surface area contributed by atoms with Crippen LogP contribution in [0, 0.1) is 11.6 Å². The second kappa shape index (κ2) is 4.44. The van der Waals surface area contributed by atoms with E-state index in [0.29, 0.717) is 0 Å². The van der Waals surface area contributed by atoms with Gasteiger partial charge in [0, 0.05) is 5.56 Å². The van der Waals surface area contributed by atoms with Crippen LogP contribution in [0.15, 0.2) is 18.2 Å². The third-order valence-electron chi connectivity index (χ3n) is 2.03. The minimum absolute atomic E-state index is 0. The Morgan fingerprint density at radius 1 is 1.40 bits per heavy atom. The van der Waals surface area contributed by atoms with Crippen LogP contribution in [0.3, 0.4) is 0 Å². The van der Waals surface area contributed by atoms with E-state index in [-0.39, 0.29) is 24.6 Å². The average molecular weight is 236 g/mol. The van der Waals surface area contributed by atoms with Crippen LogP contribution in [0.2, 0.25) is 0 Å². The fourth-order valence-electron chi connectivity index (χ4n) is 1.34. The van der Waals surface area contributed by atoms with Gasteiger partial charge in [0.1, 0.15) is 6.61 Å². The van der Waals surface area contributed by atoms with Gasteiger partial charge in [-0.2, -0.15) is 0 Å². The van der Waals surface area contributed by atoms with Crippen molar-refractivity contribution in [3.63, 3.8) is 0 Å². The van der Waals surface area contributed by atoms with Crippen LogP contribution in [-0.4, -0.2) is 12.7 Å². The number of ether oxygens (including phenoxy) is 1. The van der Waals surface area contributed by atoms with E-state index in [9.17, 15) is 13.6 Å². The minimum Gasteiger partial charge on any atom is -0.447 e. The lowest BCUT2D eigenvalue weighted by Gasteiger charge is -2.08. The van der Waals surface area contributed by atoms with Crippen molar-refractivity contribution in [3.05, 3.63) is 35.4 Å². The molecular weight excluding hydrogens is 228 g/mol. The number of carbonyl (C=O) groups is 1. The molecule has 0 radical (unpaired) electrons. The molecule has 0 saturated carbocycles. The summed E-state index contributed by atoms with van der Waals surface area (Å²) in [5.74, 6) is -1.87. The number of hydrogen-bond acceptors (Lipinski definition) is 2. The van der Waals surface area contributed by atoms with Crippen LogP contribution in [0.4, 0.5) is 13.6 Å². The Morgan fingerprint density at radius 2 is 2.13 bits per heavy atom. The number of rotatable bonds is 1. The van der Waals surface area contributed by atoms with Gasteiger partial charge in [-0.3, -0.25) is 0 Å². The quantitative estimate of drug-likeness (QED) is 0.810. The van der Waals surface area contributed by atoms with Gasteiger partial charge in [-0.1, -0.05) is 12.1 Å². The van der Waals surface area contributed by atoms with E-state index < -0.39 is 23.8 Å². The van der Waals surface area contributed by atoms with Gasteiger partial charge in [0.2, 0.25) is 0 Å². The Morgan fingerprint density at radius 3 is 2.73 bits per heavy atom. The van der Waals surface area contributed by atoms with Crippen LogP contribution in [0.5, 0.6) is 0 Å². The summed E-state index contributed by atoms with van der Waals surface area (Å²) >= 11 is 0. The Balaban J connectivity index is 0.00000112. The van der Waals surface area contributed by atoms with E-state index >= 15 is 0 Å². The van der Waals surface area contributed by atoms with Gasteiger partial charge in [-0.25, -0.2) is 13.6 Å². The highest BCUT2D eigenvalue weighted by Crippen LogP contribution is 2.22. The zero-order chi connectivity index (χ0) is 10.1. The highest BCUT2D eigenvalue weighted by atomic mass is 35.5. The predicted octanol–water partition coefficient (Wildman–Crippen LogP) is 2.17. The van der Waals surface area contributed by atoms with Crippen molar-refractivity contribution < 1.29 is 18.3 Å². The summed E-state index contributed by atoms with van der Waals surface area (Å²) < 4.78 is 30.6. The highest BCUT2D eigenvalue weighted by molar-refractivity contribution is 5.85. The summed E-state index contributed by atoms with van der Waals surface area (Å²) in [5.41, 5.74) is 0.107. The number of carbonyl (C=O) groups excluding carboxylic acids is 1. The Labute approximate surface area is 90.8 Å². The summed E-state index contributed by atoms with van der Waals surface area (Å²) in [6.45, 7) is 0.0270. The maximum absolute atomic E-state index is 13.2. The largest absolute Gasteiger partial charge is 0.447 e. The molecular formula is C9H8ClF2NO2. The molecule has 0 unspecified atom stereocenters.